The molecule has 0 unspecified atom stereocenters. The van der Waals surface area contributed by atoms with E-state index >= 15 is 0 Å². The Hall–Kier alpha value is -3.81. The fourth-order valence-electron chi connectivity index (χ4n) is 5.57. The summed E-state index contributed by atoms with van der Waals surface area (Å²) in [6.45, 7) is 5.22. The van der Waals surface area contributed by atoms with Crippen molar-refractivity contribution in [3.05, 3.63) is 74.4 Å². The lowest BCUT2D eigenvalue weighted by molar-refractivity contribution is -0.133. The predicted molar refractivity (Wildman–Crippen MR) is 161 cm³/mol. The number of nitrogens with zero attached hydrogens (tertiary/aromatic N) is 5. The van der Waals surface area contributed by atoms with Gasteiger partial charge in [0.1, 0.15) is 33.5 Å². The molecule has 1 fully saturated rings. The number of thiophene rings is 1. The van der Waals surface area contributed by atoms with E-state index in [9.17, 15) is 18.8 Å². The van der Waals surface area contributed by atoms with Crippen molar-refractivity contribution >= 4 is 27.5 Å². The molecule has 4 aromatic rings. The number of aromatic nitrogens is 4. The minimum Gasteiger partial charge on any atom is -0.496 e. The first kappa shape index (κ1) is 30.6. The van der Waals surface area contributed by atoms with Crippen molar-refractivity contribution in [2.75, 3.05) is 40.5 Å². The molecule has 0 N–H and O–H groups in total. The van der Waals surface area contributed by atoms with Gasteiger partial charge in [0, 0.05) is 56.9 Å². The maximum absolute atomic E-state index is 14.5. The van der Waals surface area contributed by atoms with Crippen molar-refractivity contribution < 1.29 is 23.4 Å². The summed E-state index contributed by atoms with van der Waals surface area (Å²) in [5.74, 6) is -0.364. The maximum atomic E-state index is 14.5. The average Bonchev–Trinajstić information content (AvgIpc) is 3.78. The lowest BCUT2D eigenvalue weighted by Crippen LogP contribution is -2.47. The van der Waals surface area contributed by atoms with Gasteiger partial charge in [-0.2, -0.15) is 5.10 Å². The Morgan fingerprint density at radius 2 is 1.93 bits per heavy atom. The summed E-state index contributed by atoms with van der Waals surface area (Å²) in [4.78, 5) is 43.9. The number of amides is 1. The van der Waals surface area contributed by atoms with E-state index in [0.29, 0.717) is 58.2 Å². The second-order valence-electron chi connectivity index (χ2n) is 10.5. The minimum atomic E-state index is -1.02. The summed E-state index contributed by atoms with van der Waals surface area (Å²) in [5.41, 5.74) is -0.131. The highest BCUT2D eigenvalue weighted by Crippen LogP contribution is 2.34. The van der Waals surface area contributed by atoms with Crippen LogP contribution in [-0.4, -0.2) is 70.2 Å². The molecule has 1 aromatic carbocycles. The molecule has 1 saturated heterocycles. The number of carbonyl (C=O) groups is 1. The van der Waals surface area contributed by atoms with Gasteiger partial charge in [-0.05, 0) is 57.4 Å². The van der Waals surface area contributed by atoms with Gasteiger partial charge in [0.05, 0.1) is 19.0 Å². The van der Waals surface area contributed by atoms with Crippen LogP contribution < -0.4 is 16.0 Å². The normalized spacial score (nSPS) is 14.9. The van der Waals surface area contributed by atoms with Gasteiger partial charge in [-0.1, -0.05) is 11.3 Å². The molecule has 0 saturated carbocycles. The molecule has 0 spiro atoms. The first-order valence-electron chi connectivity index (χ1n) is 14.3. The number of aryl methyl sites for hydroxylation is 1. The average molecular weight is 614 g/mol. The predicted octanol–water partition coefficient (Wildman–Crippen LogP) is 3.84. The van der Waals surface area contributed by atoms with Crippen LogP contribution >= 0.6 is 11.3 Å². The van der Waals surface area contributed by atoms with Crippen LogP contribution in [0.5, 0.6) is 5.75 Å². The lowest BCUT2D eigenvalue weighted by Gasteiger charge is -2.25. The van der Waals surface area contributed by atoms with Gasteiger partial charge in [-0.3, -0.25) is 14.2 Å². The molecule has 5 rings (SSSR count). The standard InChI is InChI=1S/C30H36FN5O6S/c1-19-25-27(38)36(20(2)26(37)33-12-5-6-13-33)30(39)34(29(25)43-28(19)35-14-7-11-32-35)18-24(42-16-8-15-40-3)22-17-21(31)9-10-23(22)41-4/h7,9-11,14,17,20,24H,5-6,8,12-13,15-16,18H2,1-4H3/t20-,24-/m0/s1. The molecule has 13 heteroatoms. The maximum Gasteiger partial charge on any atom is 0.332 e. The van der Waals surface area contributed by atoms with Crippen LogP contribution in [0.15, 0.2) is 46.2 Å². The molecule has 0 bridgehead atoms. The third-order valence-electron chi connectivity index (χ3n) is 7.79. The monoisotopic (exact) mass is 613 g/mol. The summed E-state index contributed by atoms with van der Waals surface area (Å²) in [7, 11) is 3.07. The number of ether oxygens (including phenoxy) is 3. The van der Waals surface area contributed by atoms with E-state index in [2.05, 4.69) is 5.10 Å². The SMILES string of the molecule is COCCCO[C@@H](Cn1c(=O)n([C@@H](C)C(=O)N2CCCC2)c(=O)c2c(C)c(-n3cccn3)sc21)c1cc(F)ccc1OC. The highest BCUT2D eigenvalue weighted by Gasteiger charge is 2.31. The minimum absolute atomic E-state index is 0.0640. The number of rotatable bonds is 12. The highest BCUT2D eigenvalue weighted by molar-refractivity contribution is 7.21. The van der Waals surface area contributed by atoms with Gasteiger partial charge in [0.15, 0.2) is 0 Å². The summed E-state index contributed by atoms with van der Waals surface area (Å²) >= 11 is 1.25. The first-order chi connectivity index (χ1) is 20.8. The molecule has 3 aromatic heterocycles. The topological polar surface area (TPSA) is 110 Å². The summed E-state index contributed by atoms with van der Waals surface area (Å²) < 4.78 is 35.6. The summed E-state index contributed by atoms with van der Waals surface area (Å²) in [6.07, 6.45) is 4.89. The number of hydrogen-bond donors (Lipinski definition) is 0. The van der Waals surface area contributed by atoms with Crippen molar-refractivity contribution in [1.29, 1.82) is 0 Å². The summed E-state index contributed by atoms with van der Waals surface area (Å²) in [6, 6.07) is 4.88. The number of halogens is 1. The van der Waals surface area contributed by atoms with E-state index in [4.69, 9.17) is 14.2 Å². The van der Waals surface area contributed by atoms with E-state index in [-0.39, 0.29) is 19.1 Å². The van der Waals surface area contributed by atoms with E-state index in [1.165, 1.54) is 41.2 Å². The molecule has 0 aliphatic carbocycles. The number of benzene rings is 1. The molecule has 1 amide bonds. The Bertz CT molecular complexity index is 1710. The fraction of sp³-hybridized carbons (Fsp3) is 0.467. The zero-order chi connectivity index (χ0) is 30.7. The zero-order valence-corrected chi connectivity index (χ0v) is 25.6. The van der Waals surface area contributed by atoms with E-state index < -0.39 is 29.2 Å². The molecule has 11 nitrogen and oxygen atoms in total. The number of hydrogen-bond acceptors (Lipinski definition) is 8. The highest BCUT2D eigenvalue weighted by atomic mass is 32.1. The molecule has 230 valence electrons. The molecule has 1 aliphatic rings. The van der Waals surface area contributed by atoms with Gasteiger partial charge in [0.2, 0.25) is 5.91 Å². The Morgan fingerprint density at radius 3 is 2.60 bits per heavy atom. The second-order valence-corrected chi connectivity index (χ2v) is 11.5. The van der Waals surface area contributed by atoms with Gasteiger partial charge < -0.3 is 19.1 Å². The quantitative estimate of drug-likeness (QED) is 0.223. The van der Waals surface area contributed by atoms with Crippen LogP contribution in [0.1, 0.15) is 49.5 Å². The number of fused-ring (bicyclic) bond motifs is 1. The molecular formula is C30H36FN5O6S. The van der Waals surface area contributed by atoms with E-state index in [1.54, 1.807) is 49.0 Å². The molecule has 43 heavy (non-hydrogen) atoms. The van der Waals surface area contributed by atoms with Gasteiger partial charge >= 0.3 is 5.69 Å². The van der Waals surface area contributed by atoms with Gasteiger partial charge in [0.25, 0.3) is 5.56 Å². The van der Waals surface area contributed by atoms with Crippen molar-refractivity contribution in [2.45, 2.75) is 51.8 Å². The van der Waals surface area contributed by atoms with Crippen LogP contribution in [0.3, 0.4) is 0 Å². The van der Waals surface area contributed by atoms with Crippen LogP contribution in [0.25, 0.3) is 15.2 Å². The van der Waals surface area contributed by atoms with Crippen LogP contribution in [-0.2, 0) is 20.8 Å². The van der Waals surface area contributed by atoms with Crippen LogP contribution in [0.2, 0.25) is 0 Å². The fourth-order valence-corrected chi connectivity index (χ4v) is 6.81. The third-order valence-corrected chi connectivity index (χ3v) is 9.10. The van der Waals surface area contributed by atoms with Gasteiger partial charge in [-0.15, -0.1) is 0 Å². The Balaban J connectivity index is 1.70. The molecule has 2 atom stereocenters. The summed E-state index contributed by atoms with van der Waals surface area (Å²) in [5, 5.41) is 5.33. The van der Waals surface area contributed by atoms with E-state index in [1.807, 2.05) is 0 Å². The Kier molecular flexibility index (Phi) is 9.43. The smallest absolute Gasteiger partial charge is 0.332 e. The number of methoxy groups -OCH3 is 2. The molecule has 4 heterocycles. The molecule has 1 aliphatic heterocycles. The van der Waals surface area contributed by atoms with Crippen molar-refractivity contribution in [3.8, 4) is 10.8 Å². The Morgan fingerprint density at radius 1 is 1.16 bits per heavy atom. The third kappa shape index (κ3) is 6.01. The van der Waals surface area contributed by atoms with Gasteiger partial charge in [-0.25, -0.2) is 18.4 Å². The number of carbonyl (C=O) groups excluding carboxylic acids is 1. The largest absolute Gasteiger partial charge is 0.496 e. The Labute approximate surface area is 252 Å². The number of likely N-dealkylation sites (tertiary alicyclic amines) is 1. The second kappa shape index (κ2) is 13.2. The zero-order valence-electron chi connectivity index (χ0n) is 24.7. The van der Waals surface area contributed by atoms with Crippen molar-refractivity contribution in [2.24, 2.45) is 0 Å². The first-order valence-corrected chi connectivity index (χ1v) is 15.1. The van der Waals surface area contributed by atoms with Crippen molar-refractivity contribution in [3.63, 3.8) is 0 Å². The van der Waals surface area contributed by atoms with E-state index in [0.717, 1.165) is 17.4 Å². The van der Waals surface area contributed by atoms with Crippen LogP contribution in [0, 0.1) is 12.7 Å². The van der Waals surface area contributed by atoms with Crippen LogP contribution in [0.4, 0.5) is 4.39 Å². The molecule has 0 radical (unpaired) electrons. The lowest BCUT2D eigenvalue weighted by atomic mass is 10.1. The van der Waals surface area contributed by atoms with Crippen molar-refractivity contribution in [1.82, 2.24) is 23.8 Å². The molecular weight excluding hydrogens is 577 g/mol.